The zero-order valence-corrected chi connectivity index (χ0v) is 9.25. The second-order valence-electron chi connectivity index (χ2n) is 3.58. The molecule has 15 heavy (non-hydrogen) atoms. The molecule has 0 spiro atoms. The van der Waals surface area contributed by atoms with Crippen LogP contribution in [0.3, 0.4) is 0 Å². The predicted molar refractivity (Wildman–Crippen MR) is 58.3 cm³/mol. The Labute approximate surface area is 90.0 Å². The molecular weight excluding hydrogens is 192 g/mol. The first-order valence-electron chi connectivity index (χ1n) is 5.13. The molecule has 84 valence electrons. The van der Waals surface area contributed by atoms with E-state index in [1.54, 1.807) is 7.11 Å². The van der Waals surface area contributed by atoms with Crippen molar-refractivity contribution in [3.05, 3.63) is 24.0 Å². The van der Waals surface area contributed by atoms with Crippen molar-refractivity contribution in [3.8, 4) is 0 Å². The normalized spacial score (nSPS) is 12.4. The van der Waals surface area contributed by atoms with Crippen LogP contribution >= 0.6 is 0 Å². The second kappa shape index (κ2) is 6.24. The Kier molecular flexibility index (Phi) is 4.90. The van der Waals surface area contributed by atoms with Gasteiger partial charge in [0.2, 0.25) is 5.91 Å². The maximum atomic E-state index is 11.4. The number of carbonyl (C=O) groups is 1. The maximum Gasteiger partial charge on any atom is 0.220 e. The molecule has 0 bridgehead atoms. The van der Waals surface area contributed by atoms with E-state index in [9.17, 15) is 4.79 Å². The Hall–Kier alpha value is -1.29. The first-order valence-corrected chi connectivity index (χ1v) is 5.13. The highest BCUT2D eigenvalue weighted by Crippen LogP contribution is 2.00. The number of carbonyl (C=O) groups excluding carboxylic acids is 1. The summed E-state index contributed by atoms with van der Waals surface area (Å²) in [6.07, 6.45) is 5.13. The van der Waals surface area contributed by atoms with Crippen LogP contribution in [0.1, 0.15) is 25.3 Å². The maximum absolute atomic E-state index is 11.4. The summed E-state index contributed by atoms with van der Waals surface area (Å²) < 4.78 is 5.07. The van der Waals surface area contributed by atoms with E-state index in [0.717, 1.165) is 12.0 Å². The number of rotatable bonds is 6. The molecule has 0 aliphatic rings. The highest BCUT2D eigenvalue weighted by atomic mass is 16.5. The van der Waals surface area contributed by atoms with Crippen molar-refractivity contribution >= 4 is 5.91 Å². The highest BCUT2D eigenvalue weighted by molar-refractivity contribution is 5.75. The van der Waals surface area contributed by atoms with E-state index in [-0.39, 0.29) is 12.0 Å². The first-order chi connectivity index (χ1) is 7.22. The molecule has 0 saturated heterocycles. The zero-order chi connectivity index (χ0) is 11.1. The summed E-state index contributed by atoms with van der Waals surface area (Å²) in [5.74, 6) is 0.0695. The van der Waals surface area contributed by atoms with Crippen molar-refractivity contribution in [1.82, 2.24) is 10.3 Å². The minimum atomic E-state index is 0.0695. The van der Waals surface area contributed by atoms with Crippen LogP contribution in [-0.2, 0) is 16.1 Å². The third-order valence-electron chi connectivity index (χ3n) is 2.33. The van der Waals surface area contributed by atoms with Gasteiger partial charge in [0, 0.05) is 32.5 Å². The number of methoxy groups -OCH3 is 1. The smallest absolute Gasteiger partial charge is 0.220 e. The fourth-order valence-electron chi connectivity index (χ4n) is 1.21. The van der Waals surface area contributed by atoms with E-state index in [2.05, 4.69) is 10.3 Å². The van der Waals surface area contributed by atoms with Gasteiger partial charge in [0.05, 0.1) is 6.10 Å². The molecule has 4 heteroatoms. The highest BCUT2D eigenvalue weighted by Gasteiger charge is 2.05. The van der Waals surface area contributed by atoms with Crippen molar-refractivity contribution in [2.75, 3.05) is 7.11 Å². The van der Waals surface area contributed by atoms with Crippen LogP contribution in [0, 0.1) is 0 Å². The molecule has 0 aliphatic carbocycles. The molecule has 1 heterocycles. The van der Waals surface area contributed by atoms with Gasteiger partial charge in [-0.1, -0.05) is 0 Å². The summed E-state index contributed by atoms with van der Waals surface area (Å²) in [5, 5.41) is 2.85. The van der Waals surface area contributed by atoms with Crippen LogP contribution in [0.2, 0.25) is 0 Å². The minimum Gasteiger partial charge on any atom is -0.382 e. The Morgan fingerprint density at radius 1 is 1.67 bits per heavy atom. The lowest BCUT2D eigenvalue weighted by atomic mass is 10.2. The molecule has 4 nitrogen and oxygen atoms in total. The summed E-state index contributed by atoms with van der Waals surface area (Å²) in [4.78, 5) is 14.3. The average Bonchev–Trinajstić information content (AvgIpc) is 2.75. The predicted octanol–water partition coefficient (Wildman–Crippen LogP) is 1.45. The van der Waals surface area contributed by atoms with Crippen molar-refractivity contribution in [3.63, 3.8) is 0 Å². The number of aromatic nitrogens is 1. The van der Waals surface area contributed by atoms with Gasteiger partial charge in [-0.25, -0.2) is 0 Å². The largest absolute Gasteiger partial charge is 0.382 e. The molecule has 2 N–H and O–H groups in total. The van der Waals surface area contributed by atoms with Crippen LogP contribution in [0.5, 0.6) is 0 Å². The Morgan fingerprint density at radius 3 is 3.07 bits per heavy atom. The summed E-state index contributed by atoms with van der Waals surface area (Å²) >= 11 is 0. The van der Waals surface area contributed by atoms with Gasteiger partial charge < -0.3 is 15.0 Å². The van der Waals surface area contributed by atoms with Gasteiger partial charge in [0.1, 0.15) is 0 Å². The van der Waals surface area contributed by atoms with Gasteiger partial charge in [-0.3, -0.25) is 4.79 Å². The molecule has 1 aromatic rings. The monoisotopic (exact) mass is 210 g/mol. The first kappa shape index (κ1) is 11.8. The number of nitrogens with one attached hydrogen (secondary N) is 2. The Bertz CT molecular complexity index is 283. The summed E-state index contributed by atoms with van der Waals surface area (Å²) in [5.41, 5.74) is 1.09. The quantitative estimate of drug-likeness (QED) is 0.746. The van der Waals surface area contributed by atoms with Crippen LogP contribution in [0.25, 0.3) is 0 Å². The molecule has 1 rings (SSSR count). The lowest BCUT2D eigenvalue weighted by molar-refractivity contribution is -0.121. The van der Waals surface area contributed by atoms with E-state index in [1.807, 2.05) is 25.4 Å². The molecule has 0 aliphatic heterocycles. The standard InChI is InChI=1S/C11H18N2O2/c1-9(15-2)3-4-11(14)13-8-10-5-6-12-7-10/h5-7,9,12H,3-4,8H2,1-2H3,(H,13,14). The molecule has 1 amide bonds. The third kappa shape index (κ3) is 4.65. The number of hydrogen-bond donors (Lipinski definition) is 2. The van der Waals surface area contributed by atoms with Gasteiger partial charge >= 0.3 is 0 Å². The van der Waals surface area contributed by atoms with Gasteiger partial charge in [0.25, 0.3) is 0 Å². The number of hydrogen-bond acceptors (Lipinski definition) is 2. The molecule has 0 radical (unpaired) electrons. The van der Waals surface area contributed by atoms with E-state index in [0.29, 0.717) is 13.0 Å². The molecule has 1 aromatic heterocycles. The molecule has 0 saturated carbocycles. The van der Waals surface area contributed by atoms with Gasteiger partial charge in [0.15, 0.2) is 0 Å². The van der Waals surface area contributed by atoms with Crippen molar-refractivity contribution in [2.24, 2.45) is 0 Å². The summed E-state index contributed by atoms with van der Waals surface area (Å²) in [7, 11) is 1.66. The van der Waals surface area contributed by atoms with E-state index in [1.165, 1.54) is 0 Å². The number of H-pyrrole nitrogens is 1. The van der Waals surface area contributed by atoms with Crippen molar-refractivity contribution in [1.29, 1.82) is 0 Å². The lowest BCUT2D eigenvalue weighted by Crippen LogP contribution is -2.23. The molecule has 1 atom stereocenters. The molecular formula is C11H18N2O2. The average molecular weight is 210 g/mol. The fourth-order valence-corrected chi connectivity index (χ4v) is 1.21. The SMILES string of the molecule is COC(C)CCC(=O)NCc1cc[nH]c1. The number of amides is 1. The molecule has 0 aromatic carbocycles. The van der Waals surface area contributed by atoms with E-state index in [4.69, 9.17) is 4.74 Å². The fraction of sp³-hybridized carbons (Fsp3) is 0.545. The summed E-state index contributed by atoms with van der Waals surface area (Å²) in [6.45, 7) is 2.54. The molecule has 0 fully saturated rings. The minimum absolute atomic E-state index is 0.0695. The Morgan fingerprint density at radius 2 is 2.47 bits per heavy atom. The zero-order valence-electron chi connectivity index (χ0n) is 9.25. The van der Waals surface area contributed by atoms with Crippen LogP contribution in [0.15, 0.2) is 18.5 Å². The third-order valence-corrected chi connectivity index (χ3v) is 2.33. The van der Waals surface area contributed by atoms with E-state index < -0.39 is 0 Å². The van der Waals surface area contributed by atoms with Gasteiger partial charge in [-0.2, -0.15) is 0 Å². The van der Waals surface area contributed by atoms with Crippen molar-refractivity contribution in [2.45, 2.75) is 32.4 Å². The van der Waals surface area contributed by atoms with Gasteiger partial charge in [-0.05, 0) is 25.0 Å². The Balaban J connectivity index is 2.14. The van der Waals surface area contributed by atoms with E-state index >= 15 is 0 Å². The van der Waals surface area contributed by atoms with Crippen LogP contribution in [-0.4, -0.2) is 24.1 Å². The second-order valence-corrected chi connectivity index (χ2v) is 3.58. The molecule has 1 unspecified atom stereocenters. The van der Waals surface area contributed by atoms with Gasteiger partial charge in [-0.15, -0.1) is 0 Å². The summed E-state index contributed by atoms with van der Waals surface area (Å²) in [6, 6.07) is 1.94. The van der Waals surface area contributed by atoms with Crippen molar-refractivity contribution < 1.29 is 9.53 Å². The van der Waals surface area contributed by atoms with Crippen LogP contribution in [0.4, 0.5) is 0 Å². The number of aromatic amines is 1. The number of ether oxygens (including phenoxy) is 1. The topological polar surface area (TPSA) is 54.1 Å². The van der Waals surface area contributed by atoms with Crippen LogP contribution < -0.4 is 5.32 Å². The lowest BCUT2D eigenvalue weighted by Gasteiger charge is -2.08.